The number of nitrogens with one attached hydrogen (secondary N) is 1. The van der Waals surface area contributed by atoms with Crippen LogP contribution in [0.25, 0.3) is 17.0 Å². The van der Waals surface area contributed by atoms with Crippen LogP contribution in [0.4, 0.5) is 5.69 Å². The molecular weight excluding hydrogens is 326 g/mol. The predicted octanol–water partition coefficient (Wildman–Crippen LogP) is 2.10. The average Bonchev–Trinajstić information content (AvgIpc) is 2.61. The number of carbonyl (C=O) groups is 2. The minimum absolute atomic E-state index is 0.00961. The van der Waals surface area contributed by atoms with Crippen LogP contribution in [0.15, 0.2) is 39.1 Å². The van der Waals surface area contributed by atoms with Crippen LogP contribution in [-0.2, 0) is 19.1 Å². The van der Waals surface area contributed by atoms with Crippen LogP contribution < -0.4 is 10.9 Å². The van der Waals surface area contributed by atoms with Gasteiger partial charge in [-0.05, 0) is 32.1 Å². The predicted molar refractivity (Wildman–Crippen MR) is 91.1 cm³/mol. The van der Waals surface area contributed by atoms with Crippen molar-refractivity contribution >= 4 is 34.7 Å². The van der Waals surface area contributed by atoms with Crippen LogP contribution >= 0.6 is 0 Å². The molecule has 130 valence electrons. The first kappa shape index (κ1) is 16.8. The molecule has 1 atom stereocenters. The second-order valence-electron chi connectivity index (χ2n) is 5.32. The first-order valence-corrected chi connectivity index (χ1v) is 7.94. The maximum atomic E-state index is 12.3. The van der Waals surface area contributed by atoms with Crippen LogP contribution in [0.2, 0.25) is 0 Å². The van der Waals surface area contributed by atoms with Gasteiger partial charge in [-0.1, -0.05) is 12.1 Å². The summed E-state index contributed by atoms with van der Waals surface area (Å²) >= 11 is 0. The van der Waals surface area contributed by atoms with Crippen molar-refractivity contribution in [2.75, 3.05) is 18.5 Å². The molecule has 25 heavy (non-hydrogen) atoms. The monoisotopic (exact) mass is 343 g/mol. The van der Waals surface area contributed by atoms with Gasteiger partial charge in [-0.3, -0.25) is 0 Å². The normalized spacial score (nSPS) is 15.8. The summed E-state index contributed by atoms with van der Waals surface area (Å²) < 4.78 is 15.3. The molecule has 7 nitrogen and oxygen atoms in total. The lowest BCUT2D eigenvalue weighted by Crippen LogP contribution is -2.39. The number of hydrogen-bond donors (Lipinski definition) is 1. The Morgan fingerprint density at radius 2 is 1.88 bits per heavy atom. The van der Waals surface area contributed by atoms with E-state index in [1.807, 2.05) is 0 Å². The lowest BCUT2D eigenvalue weighted by atomic mass is 9.97. The van der Waals surface area contributed by atoms with Gasteiger partial charge in [-0.2, -0.15) is 0 Å². The lowest BCUT2D eigenvalue weighted by molar-refractivity contribution is -0.146. The van der Waals surface area contributed by atoms with Gasteiger partial charge < -0.3 is 19.2 Å². The summed E-state index contributed by atoms with van der Waals surface area (Å²) in [4.78, 5) is 36.8. The lowest BCUT2D eigenvalue weighted by Gasteiger charge is -2.25. The van der Waals surface area contributed by atoms with E-state index in [9.17, 15) is 14.4 Å². The minimum atomic E-state index is -1.06. The van der Waals surface area contributed by atoms with Crippen molar-refractivity contribution in [2.24, 2.45) is 0 Å². The molecule has 1 aliphatic heterocycles. The van der Waals surface area contributed by atoms with E-state index in [1.165, 1.54) is 6.08 Å². The van der Waals surface area contributed by atoms with E-state index >= 15 is 0 Å². The first-order valence-electron chi connectivity index (χ1n) is 7.94. The first-order chi connectivity index (χ1) is 12.1. The Bertz CT molecular complexity index is 927. The Hall–Kier alpha value is -3.09. The van der Waals surface area contributed by atoms with E-state index in [4.69, 9.17) is 13.9 Å². The molecule has 0 saturated heterocycles. The van der Waals surface area contributed by atoms with Gasteiger partial charge in [0.05, 0.1) is 30.0 Å². The van der Waals surface area contributed by atoms with E-state index < -0.39 is 23.6 Å². The molecule has 0 fully saturated rings. The van der Waals surface area contributed by atoms with Crippen molar-refractivity contribution in [1.29, 1.82) is 0 Å². The molecular formula is C18H17NO6. The number of fused-ring (bicyclic) bond motifs is 3. The highest BCUT2D eigenvalue weighted by Gasteiger charge is 2.35. The number of benzene rings is 1. The molecule has 1 aromatic heterocycles. The number of ether oxygens (including phenoxy) is 2. The van der Waals surface area contributed by atoms with E-state index in [1.54, 1.807) is 38.1 Å². The Balaban J connectivity index is 2.20. The molecule has 3 rings (SSSR count). The number of esters is 2. The Labute approximate surface area is 143 Å². The van der Waals surface area contributed by atoms with E-state index in [0.717, 1.165) is 0 Å². The van der Waals surface area contributed by atoms with Gasteiger partial charge in [-0.25, -0.2) is 14.4 Å². The zero-order valence-electron chi connectivity index (χ0n) is 13.8. The van der Waals surface area contributed by atoms with Gasteiger partial charge in [0.1, 0.15) is 5.58 Å². The van der Waals surface area contributed by atoms with E-state index in [0.29, 0.717) is 16.7 Å². The summed E-state index contributed by atoms with van der Waals surface area (Å²) in [5.74, 6) is -1.31. The zero-order chi connectivity index (χ0) is 18.0. The molecule has 0 saturated carbocycles. The topological polar surface area (TPSA) is 94.8 Å². The summed E-state index contributed by atoms with van der Waals surface area (Å²) in [5.41, 5.74) is 0.385. The maximum Gasteiger partial charge on any atom is 0.345 e. The Kier molecular flexibility index (Phi) is 4.56. The molecule has 2 aromatic rings. The third-order valence-electron chi connectivity index (χ3n) is 3.78. The number of para-hydroxylation sites is 1. The molecule has 0 radical (unpaired) electrons. The highest BCUT2D eigenvalue weighted by atomic mass is 16.5. The van der Waals surface area contributed by atoms with Gasteiger partial charge in [-0.15, -0.1) is 0 Å². The molecule has 7 heteroatoms. The Morgan fingerprint density at radius 3 is 2.60 bits per heavy atom. The molecule has 1 aromatic carbocycles. The standard InChI is InChI=1S/C18H17NO6/c1-3-23-16(20)12-9-11-14(19-15(12)18(22)24-4-2)10-7-5-6-8-13(10)25-17(11)21/h5-9,15,19H,3-4H2,1-2H3. The van der Waals surface area contributed by atoms with Gasteiger partial charge in [0.15, 0.2) is 6.04 Å². The fourth-order valence-corrected chi connectivity index (χ4v) is 2.71. The highest BCUT2D eigenvalue weighted by Crippen LogP contribution is 2.32. The fourth-order valence-electron chi connectivity index (χ4n) is 2.71. The summed E-state index contributed by atoms with van der Waals surface area (Å²) in [7, 11) is 0. The Morgan fingerprint density at radius 1 is 1.16 bits per heavy atom. The van der Waals surface area contributed by atoms with Gasteiger partial charge in [0.2, 0.25) is 0 Å². The SMILES string of the molecule is CCOC(=O)C1=Cc2c(c3ccccc3oc2=O)NC1C(=O)OCC. The van der Waals surface area contributed by atoms with E-state index in [-0.39, 0.29) is 24.4 Å². The number of hydrogen-bond acceptors (Lipinski definition) is 7. The third kappa shape index (κ3) is 3.00. The molecule has 0 bridgehead atoms. The second-order valence-corrected chi connectivity index (χ2v) is 5.32. The van der Waals surface area contributed by atoms with E-state index in [2.05, 4.69) is 5.32 Å². The maximum absolute atomic E-state index is 12.3. The largest absolute Gasteiger partial charge is 0.464 e. The molecule has 0 amide bonds. The smallest absolute Gasteiger partial charge is 0.345 e. The second kappa shape index (κ2) is 6.80. The molecule has 0 aliphatic carbocycles. The fraction of sp³-hybridized carbons (Fsp3) is 0.278. The summed E-state index contributed by atoms with van der Waals surface area (Å²) in [6, 6.07) is 5.88. The molecule has 0 spiro atoms. The van der Waals surface area contributed by atoms with Gasteiger partial charge >= 0.3 is 17.6 Å². The van der Waals surface area contributed by atoms with Crippen molar-refractivity contribution < 1.29 is 23.5 Å². The van der Waals surface area contributed by atoms with Crippen LogP contribution in [0.3, 0.4) is 0 Å². The van der Waals surface area contributed by atoms with Crippen LogP contribution in [0, 0.1) is 0 Å². The van der Waals surface area contributed by atoms with Crippen LogP contribution in [0.5, 0.6) is 0 Å². The average molecular weight is 343 g/mol. The number of carbonyl (C=O) groups excluding carboxylic acids is 2. The molecule has 2 heterocycles. The number of anilines is 1. The minimum Gasteiger partial charge on any atom is -0.464 e. The van der Waals surface area contributed by atoms with Gasteiger partial charge in [0.25, 0.3) is 0 Å². The quantitative estimate of drug-likeness (QED) is 0.671. The molecule has 1 N–H and O–H groups in total. The summed E-state index contributed by atoms with van der Waals surface area (Å²) in [6.45, 7) is 3.64. The summed E-state index contributed by atoms with van der Waals surface area (Å²) in [5, 5.41) is 3.58. The van der Waals surface area contributed by atoms with Gasteiger partial charge in [0, 0.05) is 5.39 Å². The highest BCUT2D eigenvalue weighted by molar-refractivity contribution is 6.08. The zero-order valence-corrected chi connectivity index (χ0v) is 13.8. The molecule has 1 aliphatic rings. The molecule has 1 unspecified atom stereocenters. The third-order valence-corrected chi connectivity index (χ3v) is 3.78. The van der Waals surface area contributed by atoms with Crippen LogP contribution in [-0.4, -0.2) is 31.2 Å². The van der Waals surface area contributed by atoms with Crippen molar-refractivity contribution in [1.82, 2.24) is 0 Å². The van der Waals surface area contributed by atoms with Crippen LogP contribution in [0.1, 0.15) is 19.4 Å². The summed E-state index contributed by atoms with van der Waals surface area (Å²) in [6.07, 6.45) is 1.34. The van der Waals surface area contributed by atoms with Crippen molar-refractivity contribution in [3.63, 3.8) is 0 Å². The number of rotatable bonds is 4. The van der Waals surface area contributed by atoms with Crippen molar-refractivity contribution in [3.05, 3.63) is 45.8 Å². The van der Waals surface area contributed by atoms with Crippen molar-refractivity contribution in [3.8, 4) is 0 Å². The van der Waals surface area contributed by atoms with Crippen molar-refractivity contribution in [2.45, 2.75) is 19.9 Å².